The van der Waals surface area contributed by atoms with Crippen molar-refractivity contribution in [2.75, 3.05) is 18.0 Å². The number of hydrogen-bond donors (Lipinski definition) is 1. The largest absolute Gasteiger partial charge is 0.353 e. The highest BCUT2D eigenvalue weighted by atomic mass is 35.5. The molecule has 0 saturated carbocycles. The fourth-order valence-corrected chi connectivity index (χ4v) is 2.85. The average molecular weight is 325 g/mol. The van der Waals surface area contributed by atoms with Gasteiger partial charge in [0, 0.05) is 13.1 Å². The van der Waals surface area contributed by atoms with Crippen molar-refractivity contribution in [1.82, 2.24) is 15.3 Å². The van der Waals surface area contributed by atoms with Gasteiger partial charge < -0.3 is 10.2 Å². The monoisotopic (exact) mass is 324 g/mol. The first-order valence-electron chi connectivity index (χ1n) is 6.76. The van der Waals surface area contributed by atoms with Gasteiger partial charge in [-0.25, -0.2) is 4.98 Å². The van der Waals surface area contributed by atoms with Gasteiger partial charge in [0.15, 0.2) is 0 Å². The Bertz CT molecular complexity index is 707. The average Bonchev–Trinajstić information content (AvgIpc) is 2.48. The first-order chi connectivity index (χ1) is 10.1. The van der Waals surface area contributed by atoms with E-state index in [1.807, 2.05) is 11.8 Å². The van der Waals surface area contributed by atoms with Gasteiger partial charge in [0.05, 0.1) is 27.3 Å². The normalized spacial score (nSPS) is 18.9. The van der Waals surface area contributed by atoms with E-state index in [0.717, 1.165) is 0 Å². The number of nitrogens with zero attached hydrogens (tertiary/aromatic N) is 3. The molecule has 1 aliphatic rings. The van der Waals surface area contributed by atoms with Crippen molar-refractivity contribution < 1.29 is 4.79 Å². The summed E-state index contributed by atoms with van der Waals surface area (Å²) in [5, 5.41) is 3.77. The molecule has 1 N–H and O–H groups in total. The van der Waals surface area contributed by atoms with E-state index in [1.165, 1.54) is 0 Å². The molecule has 1 aromatic heterocycles. The molecule has 2 heterocycles. The van der Waals surface area contributed by atoms with Crippen molar-refractivity contribution >= 4 is 46.0 Å². The van der Waals surface area contributed by atoms with Crippen molar-refractivity contribution in [3.63, 3.8) is 0 Å². The van der Waals surface area contributed by atoms with Crippen LogP contribution in [0.25, 0.3) is 11.0 Å². The molecule has 5 nitrogen and oxygen atoms in total. The lowest BCUT2D eigenvalue weighted by molar-refractivity contribution is -0.123. The van der Waals surface area contributed by atoms with Gasteiger partial charge in [-0.15, -0.1) is 0 Å². The van der Waals surface area contributed by atoms with E-state index in [0.29, 0.717) is 46.4 Å². The molecule has 2 aromatic rings. The first kappa shape index (κ1) is 14.4. The Morgan fingerprint density at radius 2 is 2.05 bits per heavy atom. The zero-order valence-corrected chi connectivity index (χ0v) is 12.9. The van der Waals surface area contributed by atoms with E-state index in [2.05, 4.69) is 15.3 Å². The van der Waals surface area contributed by atoms with Gasteiger partial charge in [0.25, 0.3) is 0 Å². The number of carbonyl (C=O) groups excluding carboxylic acids is 1. The fourth-order valence-electron chi connectivity index (χ4n) is 2.53. The maximum atomic E-state index is 11.9. The number of rotatable bonds is 2. The number of aromatic nitrogens is 2. The van der Waals surface area contributed by atoms with Crippen molar-refractivity contribution in [3.8, 4) is 0 Å². The number of anilines is 1. The van der Waals surface area contributed by atoms with Gasteiger partial charge in [-0.05, 0) is 18.6 Å². The topological polar surface area (TPSA) is 58.1 Å². The summed E-state index contributed by atoms with van der Waals surface area (Å²) >= 11 is 12.0. The molecule has 1 saturated heterocycles. The lowest BCUT2D eigenvalue weighted by Crippen LogP contribution is -2.55. The lowest BCUT2D eigenvalue weighted by Gasteiger charge is -2.35. The summed E-state index contributed by atoms with van der Waals surface area (Å²) < 4.78 is 0. The smallest absolute Gasteiger partial charge is 0.242 e. The van der Waals surface area contributed by atoms with Crippen LogP contribution in [0.2, 0.25) is 10.0 Å². The van der Waals surface area contributed by atoms with Crippen molar-refractivity contribution in [1.29, 1.82) is 0 Å². The summed E-state index contributed by atoms with van der Waals surface area (Å²) in [6.45, 7) is 3.30. The van der Waals surface area contributed by atoms with Crippen LogP contribution in [0.15, 0.2) is 18.3 Å². The summed E-state index contributed by atoms with van der Waals surface area (Å²) in [7, 11) is 0. The number of halogens is 2. The SMILES string of the molecule is CCC1C(=O)NCCN1c1cnc2cc(Cl)c(Cl)cc2n1. The van der Waals surface area contributed by atoms with Crippen LogP contribution in [0.1, 0.15) is 13.3 Å². The van der Waals surface area contributed by atoms with E-state index in [4.69, 9.17) is 23.2 Å². The molecule has 0 spiro atoms. The predicted octanol–water partition coefficient (Wildman–Crippen LogP) is 2.65. The van der Waals surface area contributed by atoms with Crippen LogP contribution < -0.4 is 10.2 Å². The van der Waals surface area contributed by atoms with Crippen molar-refractivity contribution in [2.45, 2.75) is 19.4 Å². The first-order valence-corrected chi connectivity index (χ1v) is 7.52. The molecule has 7 heteroatoms. The van der Waals surface area contributed by atoms with Gasteiger partial charge in [0.2, 0.25) is 5.91 Å². The minimum absolute atomic E-state index is 0.0276. The van der Waals surface area contributed by atoms with E-state index in [-0.39, 0.29) is 11.9 Å². The molecule has 0 aliphatic carbocycles. The zero-order valence-electron chi connectivity index (χ0n) is 11.4. The molecular weight excluding hydrogens is 311 g/mol. The van der Waals surface area contributed by atoms with E-state index < -0.39 is 0 Å². The lowest BCUT2D eigenvalue weighted by atomic mass is 10.1. The van der Waals surface area contributed by atoms with Crippen LogP contribution in [0.5, 0.6) is 0 Å². The Labute approximate surface area is 132 Å². The number of fused-ring (bicyclic) bond motifs is 1. The molecule has 110 valence electrons. The van der Waals surface area contributed by atoms with Crippen LogP contribution in [-0.4, -0.2) is 35.0 Å². The van der Waals surface area contributed by atoms with E-state index >= 15 is 0 Å². The van der Waals surface area contributed by atoms with E-state index in [1.54, 1.807) is 18.3 Å². The molecule has 1 fully saturated rings. The Balaban J connectivity index is 2.03. The fraction of sp³-hybridized carbons (Fsp3) is 0.357. The van der Waals surface area contributed by atoms with Crippen LogP contribution in [0, 0.1) is 0 Å². The van der Waals surface area contributed by atoms with Crippen molar-refractivity contribution in [2.24, 2.45) is 0 Å². The Hall–Kier alpha value is -1.59. The molecule has 1 atom stereocenters. The standard InChI is InChI=1S/C14H14Cl2N4O/c1-2-12-14(21)17-3-4-20(12)13-7-18-10-5-8(15)9(16)6-11(10)19-13/h5-7,12H,2-4H2,1H3,(H,17,21). The third-order valence-corrected chi connectivity index (χ3v) is 4.31. The molecule has 1 aliphatic heterocycles. The number of carbonyl (C=O) groups is 1. The number of benzene rings is 1. The Morgan fingerprint density at radius 1 is 1.33 bits per heavy atom. The molecule has 1 amide bonds. The number of piperazine rings is 1. The Morgan fingerprint density at radius 3 is 2.76 bits per heavy atom. The second-order valence-electron chi connectivity index (χ2n) is 4.89. The van der Waals surface area contributed by atoms with Gasteiger partial charge in [0.1, 0.15) is 11.9 Å². The molecule has 3 rings (SSSR count). The predicted molar refractivity (Wildman–Crippen MR) is 84.0 cm³/mol. The van der Waals surface area contributed by atoms with Gasteiger partial charge in [-0.1, -0.05) is 30.1 Å². The van der Waals surface area contributed by atoms with Crippen LogP contribution in [0.3, 0.4) is 0 Å². The molecule has 0 radical (unpaired) electrons. The molecule has 21 heavy (non-hydrogen) atoms. The van der Waals surface area contributed by atoms with Gasteiger partial charge >= 0.3 is 0 Å². The summed E-state index contributed by atoms with van der Waals surface area (Å²) in [4.78, 5) is 22.9. The quantitative estimate of drug-likeness (QED) is 0.922. The molecule has 1 unspecified atom stereocenters. The maximum absolute atomic E-state index is 11.9. The summed E-state index contributed by atoms with van der Waals surface area (Å²) in [5.74, 6) is 0.711. The molecular formula is C14H14Cl2N4O. The number of amides is 1. The minimum atomic E-state index is -0.215. The number of hydrogen-bond acceptors (Lipinski definition) is 4. The van der Waals surface area contributed by atoms with Gasteiger partial charge in [-0.3, -0.25) is 9.78 Å². The Kier molecular flexibility index (Phi) is 3.87. The highest BCUT2D eigenvalue weighted by Crippen LogP contribution is 2.27. The maximum Gasteiger partial charge on any atom is 0.242 e. The van der Waals surface area contributed by atoms with Crippen LogP contribution >= 0.6 is 23.2 Å². The van der Waals surface area contributed by atoms with Crippen molar-refractivity contribution in [3.05, 3.63) is 28.4 Å². The minimum Gasteiger partial charge on any atom is -0.353 e. The van der Waals surface area contributed by atoms with Crippen LogP contribution in [-0.2, 0) is 4.79 Å². The second kappa shape index (κ2) is 5.66. The zero-order chi connectivity index (χ0) is 15.0. The molecule has 0 bridgehead atoms. The van der Waals surface area contributed by atoms with Crippen LogP contribution in [0.4, 0.5) is 5.82 Å². The third kappa shape index (κ3) is 2.63. The third-order valence-electron chi connectivity index (χ3n) is 3.58. The number of nitrogens with one attached hydrogen (secondary N) is 1. The molecule has 1 aromatic carbocycles. The summed E-state index contributed by atoms with van der Waals surface area (Å²) in [6.07, 6.45) is 2.39. The highest BCUT2D eigenvalue weighted by molar-refractivity contribution is 6.42. The van der Waals surface area contributed by atoms with Gasteiger partial charge in [-0.2, -0.15) is 0 Å². The summed E-state index contributed by atoms with van der Waals surface area (Å²) in [5.41, 5.74) is 1.35. The highest BCUT2D eigenvalue weighted by Gasteiger charge is 2.29. The summed E-state index contributed by atoms with van der Waals surface area (Å²) in [6, 6.07) is 3.17. The van der Waals surface area contributed by atoms with E-state index in [9.17, 15) is 4.79 Å². The second-order valence-corrected chi connectivity index (χ2v) is 5.71.